The highest BCUT2D eigenvalue weighted by molar-refractivity contribution is 6.35. The van der Waals surface area contributed by atoms with Gasteiger partial charge in [-0.05, 0) is 56.0 Å². The first-order chi connectivity index (χ1) is 13.0. The summed E-state index contributed by atoms with van der Waals surface area (Å²) in [5, 5.41) is 4.55. The number of amides is 1. The lowest BCUT2D eigenvalue weighted by Crippen LogP contribution is -2.40. The quantitative estimate of drug-likeness (QED) is 0.691. The van der Waals surface area contributed by atoms with Crippen LogP contribution in [0, 0.1) is 12.8 Å². The molecule has 1 N–H and O–H groups in total. The van der Waals surface area contributed by atoms with Gasteiger partial charge in [0.1, 0.15) is 0 Å². The lowest BCUT2D eigenvalue weighted by molar-refractivity contribution is -0.121. The minimum Gasteiger partial charge on any atom is -0.325 e. The zero-order valence-corrected chi connectivity index (χ0v) is 17.4. The zero-order chi connectivity index (χ0) is 19.4. The van der Waals surface area contributed by atoms with Crippen molar-refractivity contribution in [2.24, 2.45) is 5.92 Å². The fraction of sp³-hybridized carbons (Fsp3) is 0.409. The van der Waals surface area contributed by atoms with Crippen molar-refractivity contribution in [3.05, 3.63) is 63.1 Å². The Morgan fingerprint density at radius 2 is 1.89 bits per heavy atom. The Balaban J connectivity index is 1.68. The van der Waals surface area contributed by atoms with Crippen molar-refractivity contribution in [2.45, 2.75) is 39.7 Å². The Labute approximate surface area is 171 Å². The number of para-hydroxylation sites is 1. The molecule has 0 saturated carbocycles. The lowest BCUT2D eigenvalue weighted by atomic mass is 9.96. The van der Waals surface area contributed by atoms with Crippen LogP contribution in [0.4, 0.5) is 5.69 Å². The van der Waals surface area contributed by atoms with Crippen LogP contribution in [0.15, 0.2) is 36.4 Å². The van der Waals surface area contributed by atoms with E-state index in [0.29, 0.717) is 16.6 Å². The van der Waals surface area contributed by atoms with Gasteiger partial charge in [0.25, 0.3) is 0 Å². The number of nitrogens with zero attached hydrogens (tertiary/aromatic N) is 1. The van der Waals surface area contributed by atoms with Crippen molar-refractivity contribution in [2.75, 3.05) is 18.4 Å². The van der Waals surface area contributed by atoms with Crippen molar-refractivity contribution < 1.29 is 4.79 Å². The molecule has 27 heavy (non-hydrogen) atoms. The Bertz CT molecular complexity index is 802. The molecule has 3 rings (SSSR count). The summed E-state index contributed by atoms with van der Waals surface area (Å²) < 4.78 is 0. The Hall–Kier alpha value is -1.55. The minimum absolute atomic E-state index is 0.0238. The number of likely N-dealkylation sites (tertiary alicyclic amines) is 1. The predicted molar refractivity (Wildman–Crippen MR) is 114 cm³/mol. The van der Waals surface area contributed by atoms with E-state index in [-0.39, 0.29) is 11.8 Å². The van der Waals surface area contributed by atoms with Gasteiger partial charge >= 0.3 is 0 Å². The van der Waals surface area contributed by atoms with Crippen LogP contribution < -0.4 is 5.32 Å². The van der Waals surface area contributed by atoms with Crippen LogP contribution in [0.3, 0.4) is 0 Å². The molecule has 0 spiro atoms. The molecule has 0 aliphatic carbocycles. The SMILES string of the molecule is CCc1cccc(C)c1NC(=O)C1CCCN(Cc2c(Cl)cccc2Cl)C1. The van der Waals surface area contributed by atoms with Crippen LogP contribution in [0.2, 0.25) is 10.0 Å². The van der Waals surface area contributed by atoms with Gasteiger partial charge < -0.3 is 5.32 Å². The van der Waals surface area contributed by atoms with Crippen LogP contribution in [0.25, 0.3) is 0 Å². The summed E-state index contributed by atoms with van der Waals surface area (Å²) in [6, 6.07) is 11.7. The Morgan fingerprint density at radius 3 is 2.59 bits per heavy atom. The molecule has 1 atom stereocenters. The highest BCUT2D eigenvalue weighted by atomic mass is 35.5. The maximum atomic E-state index is 12.9. The van der Waals surface area contributed by atoms with E-state index in [1.54, 1.807) is 0 Å². The number of halogens is 2. The fourth-order valence-electron chi connectivity index (χ4n) is 3.75. The van der Waals surface area contributed by atoms with E-state index < -0.39 is 0 Å². The minimum atomic E-state index is -0.0238. The summed E-state index contributed by atoms with van der Waals surface area (Å²) in [7, 11) is 0. The van der Waals surface area contributed by atoms with Crippen LogP contribution >= 0.6 is 23.2 Å². The summed E-state index contributed by atoms with van der Waals surface area (Å²) in [5.74, 6) is 0.0817. The smallest absolute Gasteiger partial charge is 0.228 e. The second-order valence-corrected chi connectivity index (χ2v) is 8.04. The highest BCUT2D eigenvalue weighted by Crippen LogP contribution is 2.29. The molecule has 2 aromatic rings. The third kappa shape index (κ3) is 4.84. The number of hydrogen-bond donors (Lipinski definition) is 1. The van der Waals surface area contributed by atoms with Crippen LogP contribution in [-0.4, -0.2) is 23.9 Å². The monoisotopic (exact) mass is 404 g/mol. The average Bonchev–Trinajstić information content (AvgIpc) is 2.66. The molecule has 1 heterocycles. The molecular formula is C22H26Cl2N2O. The fourth-order valence-corrected chi connectivity index (χ4v) is 4.26. The zero-order valence-electron chi connectivity index (χ0n) is 15.9. The first kappa shape index (κ1) is 20.2. The van der Waals surface area contributed by atoms with Gasteiger partial charge in [-0.15, -0.1) is 0 Å². The molecule has 0 aromatic heterocycles. The van der Waals surface area contributed by atoms with E-state index >= 15 is 0 Å². The van der Waals surface area contributed by atoms with Gasteiger partial charge in [0.15, 0.2) is 0 Å². The molecule has 144 valence electrons. The maximum absolute atomic E-state index is 12.9. The van der Waals surface area contributed by atoms with Crippen LogP contribution in [-0.2, 0) is 17.8 Å². The van der Waals surface area contributed by atoms with E-state index in [9.17, 15) is 4.79 Å². The molecule has 2 aromatic carbocycles. The largest absolute Gasteiger partial charge is 0.325 e. The van der Waals surface area contributed by atoms with Crippen molar-refractivity contribution in [3.63, 3.8) is 0 Å². The third-order valence-electron chi connectivity index (χ3n) is 5.31. The first-order valence-electron chi connectivity index (χ1n) is 9.54. The average molecular weight is 405 g/mol. The van der Waals surface area contributed by atoms with Gasteiger partial charge in [-0.2, -0.15) is 0 Å². The number of piperidine rings is 1. The number of rotatable bonds is 5. The summed E-state index contributed by atoms with van der Waals surface area (Å²) in [4.78, 5) is 15.2. The van der Waals surface area contributed by atoms with Gasteiger partial charge in [-0.3, -0.25) is 9.69 Å². The summed E-state index contributed by atoms with van der Waals surface area (Å²) in [6.07, 6.45) is 2.81. The van der Waals surface area contributed by atoms with Gasteiger partial charge in [0, 0.05) is 34.4 Å². The van der Waals surface area contributed by atoms with Crippen LogP contribution in [0.1, 0.15) is 36.5 Å². The topological polar surface area (TPSA) is 32.3 Å². The predicted octanol–water partition coefficient (Wildman–Crippen LogP) is 5.71. The molecule has 1 fully saturated rings. The molecule has 5 heteroatoms. The third-order valence-corrected chi connectivity index (χ3v) is 6.02. The molecule has 1 aliphatic heterocycles. The Morgan fingerprint density at radius 1 is 1.19 bits per heavy atom. The lowest BCUT2D eigenvalue weighted by Gasteiger charge is -2.32. The van der Waals surface area contributed by atoms with Gasteiger partial charge in [-0.25, -0.2) is 0 Å². The van der Waals surface area contributed by atoms with Crippen molar-refractivity contribution in [1.82, 2.24) is 4.90 Å². The van der Waals surface area contributed by atoms with E-state index in [1.165, 1.54) is 5.56 Å². The van der Waals surface area contributed by atoms with Crippen molar-refractivity contribution in [3.8, 4) is 0 Å². The molecule has 1 saturated heterocycles. The number of carbonyl (C=O) groups is 1. The first-order valence-corrected chi connectivity index (χ1v) is 10.3. The van der Waals surface area contributed by atoms with E-state index in [2.05, 4.69) is 23.2 Å². The normalized spacial score (nSPS) is 17.7. The summed E-state index contributed by atoms with van der Waals surface area (Å²) >= 11 is 12.6. The van der Waals surface area contributed by atoms with E-state index in [0.717, 1.165) is 49.2 Å². The summed E-state index contributed by atoms with van der Waals surface area (Å²) in [6.45, 7) is 6.50. The number of aryl methyl sites for hydroxylation is 2. The molecule has 1 unspecified atom stereocenters. The van der Waals surface area contributed by atoms with E-state index in [1.807, 2.05) is 37.3 Å². The molecule has 0 radical (unpaired) electrons. The second-order valence-electron chi connectivity index (χ2n) is 7.23. The molecule has 3 nitrogen and oxygen atoms in total. The van der Waals surface area contributed by atoms with Crippen molar-refractivity contribution >= 4 is 34.8 Å². The number of benzene rings is 2. The maximum Gasteiger partial charge on any atom is 0.228 e. The van der Waals surface area contributed by atoms with E-state index in [4.69, 9.17) is 23.2 Å². The van der Waals surface area contributed by atoms with Crippen LogP contribution in [0.5, 0.6) is 0 Å². The standard InChI is InChI=1S/C22H26Cl2N2O/c1-3-16-8-4-7-15(2)21(16)25-22(27)17-9-6-12-26(13-17)14-18-19(23)10-5-11-20(18)24/h4-5,7-8,10-11,17H,3,6,9,12-14H2,1-2H3,(H,25,27). The molecular weight excluding hydrogens is 379 g/mol. The van der Waals surface area contributed by atoms with Crippen molar-refractivity contribution in [1.29, 1.82) is 0 Å². The number of anilines is 1. The number of carbonyl (C=O) groups excluding carboxylic acids is 1. The van der Waals surface area contributed by atoms with Gasteiger partial charge in [0.2, 0.25) is 5.91 Å². The Kier molecular flexibility index (Phi) is 6.80. The second kappa shape index (κ2) is 9.09. The summed E-state index contributed by atoms with van der Waals surface area (Å²) in [5.41, 5.74) is 4.20. The number of hydrogen-bond acceptors (Lipinski definition) is 2. The number of nitrogens with one attached hydrogen (secondary N) is 1. The van der Waals surface area contributed by atoms with Gasteiger partial charge in [-0.1, -0.05) is 54.4 Å². The van der Waals surface area contributed by atoms with Gasteiger partial charge in [0.05, 0.1) is 5.92 Å². The highest BCUT2D eigenvalue weighted by Gasteiger charge is 2.27. The molecule has 1 amide bonds. The molecule has 1 aliphatic rings. The molecule has 0 bridgehead atoms.